The number of guanidine groups is 1. The molecule has 4 nitrogen and oxygen atoms in total. The molecular weight excluding hydrogens is 236 g/mol. The predicted octanol–water partition coefficient (Wildman–Crippen LogP) is 2.63. The average molecular weight is 254 g/mol. The molecule has 0 unspecified atom stereocenters. The van der Waals surface area contributed by atoms with Crippen molar-refractivity contribution >= 4 is 11.6 Å². The van der Waals surface area contributed by atoms with Crippen molar-refractivity contribution in [2.75, 3.05) is 5.32 Å². The largest absolute Gasteiger partial charge is 0.370 e. The van der Waals surface area contributed by atoms with E-state index in [2.05, 4.69) is 15.3 Å². The Balaban J connectivity index is 1.97. The van der Waals surface area contributed by atoms with Crippen molar-refractivity contribution in [1.29, 1.82) is 0 Å². The zero-order valence-electron chi connectivity index (χ0n) is 11.2. The molecule has 1 heterocycles. The Morgan fingerprint density at radius 3 is 2.58 bits per heavy atom. The molecule has 0 aliphatic carbocycles. The number of nitrogens with two attached hydrogens (primary N) is 1. The van der Waals surface area contributed by atoms with Gasteiger partial charge in [-0.15, -0.1) is 0 Å². The van der Waals surface area contributed by atoms with E-state index < -0.39 is 0 Å². The molecule has 98 valence electrons. The van der Waals surface area contributed by atoms with Crippen LogP contribution in [0.25, 0.3) is 0 Å². The molecule has 2 aromatic rings. The lowest BCUT2D eigenvalue weighted by Crippen LogP contribution is -2.22. The minimum absolute atomic E-state index is 0.396. The Kier molecular flexibility index (Phi) is 4.13. The monoisotopic (exact) mass is 254 g/mol. The van der Waals surface area contributed by atoms with Gasteiger partial charge in [-0.05, 0) is 38.1 Å². The van der Waals surface area contributed by atoms with E-state index in [-0.39, 0.29) is 0 Å². The van der Waals surface area contributed by atoms with Crippen LogP contribution in [0.3, 0.4) is 0 Å². The molecule has 0 saturated carbocycles. The van der Waals surface area contributed by atoms with Crippen molar-refractivity contribution in [3.8, 4) is 0 Å². The number of aromatic nitrogens is 1. The quantitative estimate of drug-likeness (QED) is 0.653. The Hall–Kier alpha value is -2.36. The van der Waals surface area contributed by atoms with E-state index in [1.165, 1.54) is 5.56 Å². The van der Waals surface area contributed by atoms with E-state index in [1.807, 2.05) is 56.3 Å². The summed E-state index contributed by atoms with van der Waals surface area (Å²) < 4.78 is 0. The van der Waals surface area contributed by atoms with Crippen LogP contribution in [0, 0.1) is 13.8 Å². The Morgan fingerprint density at radius 2 is 1.89 bits per heavy atom. The molecule has 2 rings (SSSR count). The molecule has 1 aromatic heterocycles. The molecule has 0 radical (unpaired) electrons. The minimum atomic E-state index is 0.396. The van der Waals surface area contributed by atoms with E-state index in [4.69, 9.17) is 5.73 Å². The highest BCUT2D eigenvalue weighted by atomic mass is 15.1. The van der Waals surface area contributed by atoms with E-state index in [9.17, 15) is 0 Å². The number of hydrogen-bond donors (Lipinski definition) is 2. The lowest BCUT2D eigenvalue weighted by Gasteiger charge is -2.06. The van der Waals surface area contributed by atoms with Gasteiger partial charge in [-0.1, -0.05) is 23.8 Å². The number of aryl methyl sites for hydroxylation is 2. The van der Waals surface area contributed by atoms with Crippen molar-refractivity contribution in [3.63, 3.8) is 0 Å². The highest BCUT2D eigenvalue weighted by Gasteiger charge is 1.96. The molecule has 0 amide bonds. The number of anilines is 1. The molecule has 0 fully saturated rings. The Labute approximate surface area is 113 Å². The van der Waals surface area contributed by atoms with Crippen molar-refractivity contribution in [1.82, 2.24) is 4.98 Å². The molecular formula is C15H18N4. The maximum atomic E-state index is 5.84. The summed E-state index contributed by atoms with van der Waals surface area (Å²) in [5.74, 6) is 0.396. The smallest absolute Gasteiger partial charge is 0.193 e. The van der Waals surface area contributed by atoms with Crippen LogP contribution in [0.5, 0.6) is 0 Å². The summed E-state index contributed by atoms with van der Waals surface area (Å²) in [5.41, 5.74) is 9.88. The molecule has 3 N–H and O–H groups in total. The summed E-state index contributed by atoms with van der Waals surface area (Å²) in [4.78, 5) is 8.65. The van der Waals surface area contributed by atoms with Gasteiger partial charge in [0.05, 0.1) is 12.2 Å². The van der Waals surface area contributed by atoms with Crippen LogP contribution in [0.15, 0.2) is 47.5 Å². The zero-order valence-corrected chi connectivity index (χ0v) is 11.2. The van der Waals surface area contributed by atoms with Crippen molar-refractivity contribution in [2.45, 2.75) is 20.4 Å². The average Bonchev–Trinajstić information content (AvgIpc) is 2.39. The van der Waals surface area contributed by atoms with E-state index in [1.54, 1.807) is 0 Å². The van der Waals surface area contributed by atoms with Crippen LogP contribution >= 0.6 is 0 Å². The summed E-state index contributed by atoms with van der Waals surface area (Å²) in [5, 5.41) is 3.05. The fourth-order valence-corrected chi connectivity index (χ4v) is 1.68. The third-order valence-corrected chi connectivity index (χ3v) is 2.68. The molecule has 0 aliphatic rings. The minimum Gasteiger partial charge on any atom is -0.370 e. The topological polar surface area (TPSA) is 63.3 Å². The van der Waals surface area contributed by atoms with Gasteiger partial charge in [0, 0.05) is 11.4 Å². The number of aliphatic imine (C=N–C) groups is 1. The number of nitrogens with one attached hydrogen (secondary N) is 1. The number of rotatable bonds is 3. The normalized spacial score (nSPS) is 11.4. The maximum Gasteiger partial charge on any atom is 0.193 e. The maximum absolute atomic E-state index is 5.84. The summed E-state index contributed by atoms with van der Waals surface area (Å²) in [6.07, 6.45) is 0. The summed E-state index contributed by atoms with van der Waals surface area (Å²) >= 11 is 0. The number of nitrogens with zero attached hydrogens (tertiary/aromatic N) is 2. The lowest BCUT2D eigenvalue weighted by molar-refractivity contribution is 0.965. The van der Waals surface area contributed by atoms with Gasteiger partial charge in [0.25, 0.3) is 0 Å². The second kappa shape index (κ2) is 6.00. The molecule has 0 bridgehead atoms. The van der Waals surface area contributed by atoms with Crippen molar-refractivity contribution in [3.05, 3.63) is 59.4 Å². The second-order valence-electron chi connectivity index (χ2n) is 4.46. The molecule has 0 atom stereocenters. The van der Waals surface area contributed by atoms with Gasteiger partial charge in [-0.3, -0.25) is 4.98 Å². The Bertz CT molecular complexity index is 573. The third kappa shape index (κ3) is 4.10. The van der Waals surface area contributed by atoms with Gasteiger partial charge >= 0.3 is 0 Å². The highest BCUT2D eigenvalue weighted by Crippen LogP contribution is 2.08. The molecule has 0 saturated heterocycles. The molecule has 19 heavy (non-hydrogen) atoms. The van der Waals surface area contributed by atoms with E-state index in [0.29, 0.717) is 12.5 Å². The highest BCUT2D eigenvalue weighted by molar-refractivity contribution is 5.92. The van der Waals surface area contributed by atoms with Crippen LogP contribution in [-0.4, -0.2) is 10.9 Å². The van der Waals surface area contributed by atoms with Crippen LogP contribution in [-0.2, 0) is 6.54 Å². The van der Waals surface area contributed by atoms with Gasteiger partial charge in [0.15, 0.2) is 5.96 Å². The predicted molar refractivity (Wildman–Crippen MR) is 79.1 cm³/mol. The first kappa shape index (κ1) is 13.1. The zero-order chi connectivity index (χ0) is 13.7. The van der Waals surface area contributed by atoms with E-state index >= 15 is 0 Å². The van der Waals surface area contributed by atoms with E-state index in [0.717, 1.165) is 17.1 Å². The second-order valence-corrected chi connectivity index (χ2v) is 4.46. The van der Waals surface area contributed by atoms with Crippen molar-refractivity contribution in [2.24, 2.45) is 10.7 Å². The number of hydrogen-bond acceptors (Lipinski definition) is 2. The first-order chi connectivity index (χ1) is 9.13. The number of pyridine rings is 1. The van der Waals surface area contributed by atoms with Gasteiger partial charge in [-0.25, -0.2) is 4.99 Å². The van der Waals surface area contributed by atoms with Crippen LogP contribution in [0.1, 0.15) is 17.0 Å². The fraction of sp³-hybridized carbons (Fsp3) is 0.200. The SMILES string of the molecule is Cc1ccc(NC(N)=NCc2cccc(C)n2)cc1. The van der Waals surface area contributed by atoms with Gasteiger partial charge in [0.2, 0.25) is 0 Å². The van der Waals surface area contributed by atoms with Gasteiger partial charge in [0.1, 0.15) is 0 Å². The number of benzene rings is 1. The molecule has 1 aromatic carbocycles. The van der Waals surface area contributed by atoms with Crippen LogP contribution < -0.4 is 11.1 Å². The van der Waals surface area contributed by atoms with Gasteiger partial charge in [-0.2, -0.15) is 0 Å². The standard InChI is InChI=1S/C15H18N4/c1-11-6-8-13(9-7-11)19-15(16)17-10-14-5-3-4-12(2)18-14/h3-9H,10H2,1-2H3,(H3,16,17,19). The lowest BCUT2D eigenvalue weighted by atomic mass is 10.2. The Morgan fingerprint density at radius 1 is 1.16 bits per heavy atom. The third-order valence-electron chi connectivity index (χ3n) is 2.68. The molecule has 0 aliphatic heterocycles. The summed E-state index contributed by atoms with van der Waals surface area (Å²) in [6, 6.07) is 13.9. The summed E-state index contributed by atoms with van der Waals surface area (Å²) in [7, 11) is 0. The summed E-state index contributed by atoms with van der Waals surface area (Å²) in [6.45, 7) is 4.48. The van der Waals surface area contributed by atoms with Crippen LogP contribution in [0.2, 0.25) is 0 Å². The van der Waals surface area contributed by atoms with Gasteiger partial charge < -0.3 is 11.1 Å². The fourth-order valence-electron chi connectivity index (χ4n) is 1.68. The van der Waals surface area contributed by atoms with Crippen LogP contribution in [0.4, 0.5) is 5.69 Å². The molecule has 4 heteroatoms. The first-order valence-electron chi connectivity index (χ1n) is 6.19. The first-order valence-corrected chi connectivity index (χ1v) is 6.19. The molecule has 0 spiro atoms. The van der Waals surface area contributed by atoms with Crippen molar-refractivity contribution < 1.29 is 0 Å².